The smallest absolute Gasteiger partial charge is 0.225 e. The first-order valence-corrected chi connectivity index (χ1v) is 7.61. The molecule has 1 aliphatic carbocycles. The third kappa shape index (κ3) is 3.48. The Bertz CT molecular complexity index is 305. The predicted molar refractivity (Wildman–Crippen MR) is 75.8 cm³/mol. The molecule has 1 amide bonds. The molecule has 0 bridgehead atoms. The number of aliphatic hydroxyl groups excluding tert-OH is 1. The van der Waals surface area contributed by atoms with Gasteiger partial charge < -0.3 is 14.9 Å². The molecule has 4 heteroatoms. The van der Waals surface area contributed by atoms with Crippen molar-refractivity contribution in [1.82, 2.24) is 9.80 Å². The standard InChI is InChI=1S/C15H28N2O2/c1-16-9-5-13(6-10-16)14(19)17(2)11-15(12-18)7-3-4-8-15/h13,18H,3-12H2,1-2H3. The Hall–Kier alpha value is -0.610. The van der Waals surface area contributed by atoms with E-state index in [0.717, 1.165) is 45.3 Å². The highest BCUT2D eigenvalue weighted by atomic mass is 16.3. The Labute approximate surface area is 116 Å². The van der Waals surface area contributed by atoms with Gasteiger partial charge in [0.2, 0.25) is 5.91 Å². The van der Waals surface area contributed by atoms with Gasteiger partial charge >= 0.3 is 0 Å². The third-order valence-corrected chi connectivity index (χ3v) is 5.02. The van der Waals surface area contributed by atoms with E-state index in [2.05, 4.69) is 11.9 Å². The molecule has 2 rings (SSSR count). The summed E-state index contributed by atoms with van der Waals surface area (Å²) in [6.45, 7) is 3.00. The molecule has 0 aromatic heterocycles. The van der Waals surface area contributed by atoms with Crippen LogP contribution in [0.2, 0.25) is 0 Å². The minimum atomic E-state index is -0.0180. The number of hydrogen-bond donors (Lipinski definition) is 1. The van der Waals surface area contributed by atoms with Crippen LogP contribution in [0.1, 0.15) is 38.5 Å². The highest BCUT2D eigenvalue weighted by Crippen LogP contribution is 2.38. The molecule has 110 valence electrons. The Morgan fingerprint density at radius 3 is 2.42 bits per heavy atom. The molecule has 1 aliphatic heterocycles. The van der Waals surface area contributed by atoms with Crippen LogP contribution in [0.3, 0.4) is 0 Å². The van der Waals surface area contributed by atoms with Crippen LogP contribution in [0.4, 0.5) is 0 Å². The van der Waals surface area contributed by atoms with Crippen LogP contribution in [0, 0.1) is 11.3 Å². The van der Waals surface area contributed by atoms with Gasteiger partial charge in [-0.2, -0.15) is 0 Å². The van der Waals surface area contributed by atoms with Gasteiger partial charge in [-0.25, -0.2) is 0 Å². The molecule has 1 heterocycles. The lowest BCUT2D eigenvalue weighted by Gasteiger charge is -2.35. The van der Waals surface area contributed by atoms with E-state index in [1.807, 2.05) is 11.9 Å². The second-order valence-electron chi connectivity index (χ2n) is 6.64. The number of amides is 1. The van der Waals surface area contributed by atoms with E-state index in [-0.39, 0.29) is 23.8 Å². The number of hydrogen-bond acceptors (Lipinski definition) is 3. The van der Waals surface area contributed by atoms with Crippen molar-refractivity contribution in [3.05, 3.63) is 0 Å². The maximum absolute atomic E-state index is 12.5. The lowest BCUT2D eigenvalue weighted by atomic mass is 9.86. The first-order valence-electron chi connectivity index (χ1n) is 7.61. The molecule has 0 spiro atoms. The Kier molecular flexibility index (Phi) is 4.85. The maximum Gasteiger partial charge on any atom is 0.225 e. The largest absolute Gasteiger partial charge is 0.396 e. The first kappa shape index (κ1) is 14.8. The zero-order valence-corrected chi connectivity index (χ0v) is 12.4. The van der Waals surface area contributed by atoms with Crippen LogP contribution in [0.5, 0.6) is 0 Å². The molecule has 1 saturated heterocycles. The molecule has 0 aromatic rings. The van der Waals surface area contributed by atoms with Gasteiger partial charge in [0, 0.05) is 24.9 Å². The molecular weight excluding hydrogens is 240 g/mol. The number of likely N-dealkylation sites (tertiary alicyclic amines) is 1. The fraction of sp³-hybridized carbons (Fsp3) is 0.933. The van der Waals surface area contributed by atoms with Gasteiger partial charge in [0.15, 0.2) is 0 Å². The van der Waals surface area contributed by atoms with Crippen LogP contribution in [0.25, 0.3) is 0 Å². The van der Waals surface area contributed by atoms with E-state index >= 15 is 0 Å². The fourth-order valence-corrected chi connectivity index (χ4v) is 3.64. The average molecular weight is 268 g/mol. The summed E-state index contributed by atoms with van der Waals surface area (Å²) < 4.78 is 0. The summed E-state index contributed by atoms with van der Waals surface area (Å²) in [4.78, 5) is 16.7. The SMILES string of the molecule is CN1CCC(C(=O)N(C)CC2(CO)CCCC2)CC1. The van der Waals surface area contributed by atoms with Crippen LogP contribution in [-0.2, 0) is 4.79 Å². The van der Waals surface area contributed by atoms with Crippen molar-refractivity contribution < 1.29 is 9.90 Å². The predicted octanol–water partition coefficient (Wildman–Crippen LogP) is 1.34. The van der Waals surface area contributed by atoms with Gasteiger partial charge in [-0.1, -0.05) is 12.8 Å². The van der Waals surface area contributed by atoms with Gasteiger partial charge in [0.05, 0.1) is 6.61 Å². The number of carbonyl (C=O) groups excluding carboxylic acids is 1. The van der Waals surface area contributed by atoms with Gasteiger partial charge in [0.25, 0.3) is 0 Å². The van der Waals surface area contributed by atoms with Crippen LogP contribution >= 0.6 is 0 Å². The fourth-order valence-electron chi connectivity index (χ4n) is 3.64. The van der Waals surface area contributed by atoms with Crippen molar-refractivity contribution in [2.24, 2.45) is 11.3 Å². The van der Waals surface area contributed by atoms with E-state index in [4.69, 9.17) is 0 Å². The Morgan fingerprint density at radius 2 is 1.89 bits per heavy atom. The molecule has 0 aromatic carbocycles. The summed E-state index contributed by atoms with van der Waals surface area (Å²) in [7, 11) is 4.03. The minimum absolute atomic E-state index is 0.0180. The van der Waals surface area contributed by atoms with Gasteiger partial charge in [0.1, 0.15) is 0 Å². The summed E-state index contributed by atoms with van der Waals surface area (Å²) in [5.41, 5.74) is -0.0180. The van der Waals surface area contributed by atoms with E-state index in [9.17, 15) is 9.90 Å². The lowest BCUT2D eigenvalue weighted by Crippen LogP contribution is -2.44. The Balaban J connectivity index is 1.88. The molecule has 0 radical (unpaired) electrons. The molecule has 0 unspecified atom stereocenters. The van der Waals surface area contributed by atoms with Crippen LogP contribution in [-0.4, -0.2) is 61.2 Å². The summed E-state index contributed by atoms with van der Waals surface area (Å²) in [5.74, 6) is 0.478. The van der Waals surface area contributed by atoms with Crippen LogP contribution < -0.4 is 0 Å². The van der Waals surface area contributed by atoms with E-state index in [1.54, 1.807) is 0 Å². The minimum Gasteiger partial charge on any atom is -0.396 e. The normalized spacial score (nSPS) is 24.6. The van der Waals surface area contributed by atoms with Crippen molar-refractivity contribution >= 4 is 5.91 Å². The monoisotopic (exact) mass is 268 g/mol. The number of carbonyl (C=O) groups is 1. The molecule has 4 nitrogen and oxygen atoms in total. The number of rotatable bonds is 4. The molecule has 0 atom stereocenters. The van der Waals surface area contributed by atoms with Gasteiger partial charge in [-0.15, -0.1) is 0 Å². The molecule has 19 heavy (non-hydrogen) atoms. The van der Waals surface area contributed by atoms with E-state index in [0.29, 0.717) is 0 Å². The first-order chi connectivity index (χ1) is 9.06. The summed E-state index contributed by atoms with van der Waals surface area (Å²) in [6.07, 6.45) is 6.47. The summed E-state index contributed by atoms with van der Waals surface area (Å²) in [5, 5.41) is 9.65. The van der Waals surface area contributed by atoms with Crippen molar-refractivity contribution in [3.8, 4) is 0 Å². The second kappa shape index (κ2) is 6.23. The number of aliphatic hydroxyl groups is 1. The zero-order chi connectivity index (χ0) is 13.9. The molecule has 2 fully saturated rings. The van der Waals surface area contributed by atoms with Crippen LogP contribution in [0.15, 0.2) is 0 Å². The Morgan fingerprint density at radius 1 is 1.32 bits per heavy atom. The maximum atomic E-state index is 12.5. The van der Waals surface area contributed by atoms with E-state index < -0.39 is 0 Å². The zero-order valence-electron chi connectivity index (χ0n) is 12.4. The van der Waals surface area contributed by atoms with Crippen molar-refractivity contribution in [3.63, 3.8) is 0 Å². The lowest BCUT2D eigenvalue weighted by molar-refractivity contribution is -0.137. The van der Waals surface area contributed by atoms with Gasteiger partial charge in [-0.3, -0.25) is 4.79 Å². The average Bonchev–Trinajstić information content (AvgIpc) is 2.88. The topological polar surface area (TPSA) is 43.8 Å². The molecule has 1 N–H and O–H groups in total. The quantitative estimate of drug-likeness (QED) is 0.837. The molecule has 2 aliphatic rings. The van der Waals surface area contributed by atoms with Crippen molar-refractivity contribution in [2.45, 2.75) is 38.5 Å². The summed E-state index contributed by atoms with van der Waals surface area (Å²) >= 11 is 0. The summed E-state index contributed by atoms with van der Waals surface area (Å²) in [6, 6.07) is 0. The third-order valence-electron chi connectivity index (χ3n) is 5.02. The molecule has 1 saturated carbocycles. The van der Waals surface area contributed by atoms with Crippen molar-refractivity contribution in [1.29, 1.82) is 0 Å². The van der Waals surface area contributed by atoms with Crippen molar-refractivity contribution in [2.75, 3.05) is 40.3 Å². The highest BCUT2D eigenvalue weighted by molar-refractivity contribution is 5.78. The number of piperidine rings is 1. The van der Waals surface area contributed by atoms with E-state index in [1.165, 1.54) is 12.8 Å². The second-order valence-corrected chi connectivity index (χ2v) is 6.64. The molecular formula is C15H28N2O2. The number of nitrogens with zero attached hydrogens (tertiary/aromatic N) is 2. The highest BCUT2D eigenvalue weighted by Gasteiger charge is 2.36. The van der Waals surface area contributed by atoms with Gasteiger partial charge in [-0.05, 0) is 45.8 Å².